The molecule has 14 heavy (non-hydrogen) atoms. The second kappa shape index (κ2) is 3.82. The van der Waals surface area contributed by atoms with Gasteiger partial charge in [-0.25, -0.2) is 0 Å². The molecule has 2 rings (SSSR count). The smallest absolute Gasteiger partial charge is 0.0729 e. The minimum absolute atomic E-state index is 0.177. The van der Waals surface area contributed by atoms with Gasteiger partial charge in [-0.1, -0.05) is 13.3 Å². The number of rotatable bonds is 1. The van der Waals surface area contributed by atoms with E-state index in [-0.39, 0.29) is 5.54 Å². The monoisotopic (exact) mass is 197 g/mol. The zero-order chi connectivity index (χ0) is 10.2. The Morgan fingerprint density at radius 3 is 2.86 bits per heavy atom. The van der Waals surface area contributed by atoms with Crippen molar-refractivity contribution in [1.82, 2.24) is 5.32 Å². The third-order valence-corrected chi connectivity index (χ3v) is 3.71. The van der Waals surface area contributed by atoms with Crippen LogP contribution in [0.25, 0.3) is 0 Å². The molecule has 0 spiro atoms. The molecule has 3 atom stereocenters. The summed E-state index contributed by atoms with van der Waals surface area (Å²) in [5.41, 5.74) is 0.177. The van der Waals surface area contributed by atoms with Crippen molar-refractivity contribution in [2.24, 2.45) is 5.92 Å². The first kappa shape index (κ1) is 10.4. The SMILES string of the molecule is CCC1CCC2OCC(C)(C)NC2C1. The number of morpholine rings is 1. The molecule has 0 bridgehead atoms. The molecule has 2 nitrogen and oxygen atoms in total. The Morgan fingerprint density at radius 2 is 2.14 bits per heavy atom. The van der Waals surface area contributed by atoms with Crippen molar-refractivity contribution in [1.29, 1.82) is 0 Å². The highest BCUT2D eigenvalue weighted by Gasteiger charge is 2.38. The summed E-state index contributed by atoms with van der Waals surface area (Å²) in [5.74, 6) is 0.918. The molecular formula is C12H23NO. The van der Waals surface area contributed by atoms with E-state index in [1.807, 2.05) is 0 Å². The molecule has 0 amide bonds. The van der Waals surface area contributed by atoms with Gasteiger partial charge >= 0.3 is 0 Å². The Hall–Kier alpha value is -0.0800. The van der Waals surface area contributed by atoms with Gasteiger partial charge in [0.05, 0.1) is 12.7 Å². The highest BCUT2D eigenvalue weighted by molar-refractivity contribution is 4.95. The summed E-state index contributed by atoms with van der Waals surface area (Å²) >= 11 is 0. The van der Waals surface area contributed by atoms with Crippen LogP contribution < -0.4 is 5.32 Å². The molecule has 0 radical (unpaired) electrons. The second-order valence-electron chi connectivity index (χ2n) is 5.57. The average Bonchev–Trinajstić information content (AvgIpc) is 2.15. The van der Waals surface area contributed by atoms with Gasteiger partial charge in [0.2, 0.25) is 0 Å². The average molecular weight is 197 g/mol. The van der Waals surface area contributed by atoms with Crippen LogP contribution in [0.3, 0.4) is 0 Å². The van der Waals surface area contributed by atoms with E-state index in [4.69, 9.17) is 4.74 Å². The number of nitrogens with one attached hydrogen (secondary N) is 1. The summed E-state index contributed by atoms with van der Waals surface area (Å²) < 4.78 is 5.93. The minimum atomic E-state index is 0.177. The third kappa shape index (κ3) is 2.12. The molecule has 2 aliphatic rings. The van der Waals surface area contributed by atoms with Crippen molar-refractivity contribution in [3.63, 3.8) is 0 Å². The molecule has 1 saturated carbocycles. The van der Waals surface area contributed by atoms with E-state index in [1.54, 1.807) is 0 Å². The van der Waals surface area contributed by atoms with Crippen LogP contribution >= 0.6 is 0 Å². The first-order valence-electron chi connectivity index (χ1n) is 6.00. The predicted octanol–water partition coefficient (Wildman–Crippen LogP) is 2.33. The normalized spacial score (nSPS) is 41.8. The molecule has 1 aliphatic heterocycles. The lowest BCUT2D eigenvalue weighted by atomic mass is 9.80. The molecule has 2 fully saturated rings. The third-order valence-electron chi connectivity index (χ3n) is 3.71. The van der Waals surface area contributed by atoms with E-state index in [0.717, 1.165) is 12.5 Å². The van der Waals surface area contributed by atoms with Gasteiger partial charge in [-0.3, -0.25) is 0 Å². The van der Waals surface area contributed by atoms with Gasteiger partial charge in [0.1, 0.15) is 0 Å². The van der Waals surface area contributed by atoms with E-state index in [9.17, 15) is 0 Å². The van der Waals surface area contributed by atoms with Crippen LogP contribution in [0.5, 0.6) is 0 Å². The fourth-order valence-corrected chi connectivity index (χ4v) is 2.81. The molecule has 1 heterocycles. The van der Waals surface area contributed by atoms with Crippen molar-refractivity contribution in [2.45, 2.75) is 64.1 Å². The van der Waals surface area contributed by atoms with Gasteiger partial charge in [0.25, 0.3) is 0 Å². The molecule has 1 N–H and O–H groups in total. The highest BCUT2D eigenvalue weighted by atomic mass is 16.5. The largest absolute Gasteiger partial charge is 0.375 e. The molecule has 0 aromatic heterocycles. The lowest BCUT2D eigenvalue weighted by molar-refractivity contribution is -0.0764. The van der Waals surface area contributed by atoms with Crippen LogP contribution in [0.1, 0.15) is 46.5 Å². The minimum Gasteiger partial charge on any atom is -0.375 e. The zero-order valence-electron chi connectivity index (χ0n) is 9.68. The predicted molar refractivity (Wildman–Crippen MR) is 58.4 cm³/mol. The molecule has 1 aliphatic carbocycles. The zero-order valence-corrected chi connectivity index (χ0v) is 9.68. The molecule has 0 aromatic carbocycles. The van der Waals surface area contributed by atoms with Crippen LogP contribution in [0, 0.1) is 5.92 Å². The van der Waals surface area contributed by atoms with Crippen molar-refractivity contribution in [3.05, 3.63) is 0 Å². The molecule has 0 aromatic rings. The van der Waals surface area contributed by atoms with Crippen LogP contribution in [-0.4, -0.2) is 24.3 Å². The van der Waals surface area contributed by atoms with Gasteiger partial charge in [-0.05, 0) is 39.0 Å². The summed E-state index contributed by atoms with van der Waals surface area (Å²) in [5, 5.41) is 3.73. The summed E-state index contributed by atoms with van der Waals surface area (Å²) in [6.07, 6.45) is 5.74. The van der Waals surface area contributed by atoms with E-state index >= 15 is 0 Å². The topological polar surface area (TPSA) is 21.3 Å². The maximum absolute atomic E-state index is 5.93. The van der Waals surface area contributed by atoms with Crippen LogP contribution in [-0.2, 0) is 4.74 Å². The summed E-state index contributed by atoms with van der Waals surface area (Å²) in [4.78, 5) is 0. The number of ether oxygens (including phenoxy) is 1. The molecule has 1 saturated heterocycles. The van der Waals surface area contributed by atoms with Gasteiger partial charge in [0.15, 0.2) is 0 Å². The Morgan fingerprint density at radius 1 is 1.36 bits per heavy atom. The van der Waals surface area contributed by atoms with E-state index in [0.29, 0.717) is 12.1 Å². The van der Waals surface area contributed by atoms with Crippen molar-refractivity contribution < 1.29 is 4.74 Å². The van der Waals surface area contributed by atoms with Gasteiger partial charge in [0, 0.05) is 11.6 Å². The van der Waals surface area contributed by atoms with Crippen molar-refractivity contribution >= 4 is 0 Å². The maximum atomic E-state index is 5.93. The number of hydrogen-bond donors (Lipinski definition) is 1. The summed E-state index contributed by atoms with van der Waals surface area (Å²) in [6, 6.07) is 0.609. The fraction of sp³-hybridized carbons (Fsp3) is 1.00. The Kier molecular flexibility index (Phi) is 2.85. The Balaban J connectivity index is 1.97. The summed E-state index contributed by atoms with van der Waals surface area (Å²) in [7, 11) is 0. The summed E-state index contributed by atoms with van der Waals surface area (Å²) in [6.45, 7) is 7.64. The molecule has 2 heteroatoms. The number of hydrogen-bond acceptors (Lipinski definition) is 2. The Bertz CT molecular complexity index is 202. The van der Waals surface area contributed by atoms with Crippen LogP contribution in [0.15, 0.2) is 0 Å². The lowest BCUT2D eigenvalue weighted by Gasteiger charge is -2.46. The molecular weight excluding hydrogens is 174 g/mol. The first-order valence-corrected chi connectivity index (χ1v) is 6.00. The molecule has 3 unspecified atom stereocenters. The van der Waals surface area contributed by atoms with Gasteiger partial charge in [-0.15, -0.1) is 0 Å². The second-order valence-corrected chi connectivity index (χ2v) is 5.57. The van der Waals surface area contributed by atoms with Crippen LogP contribution in [0.2, 0.25) is 0 Å². The van der Waals surface area contributed by atoms with Crippen LogP contribution in [0.4, 0.5) is 0 Å². The lowest BCUT2D eigenvalue weighted by Crippen LogP contribution is -2.61. The Labute approximate surface area is 87.4 Å². The van der Waals surface area contributed by atoms with E-state index in [1.165, 1.54) is 25.7 Å². The van der Waals surface area contributed by atoms with Gasteiger partial charge < -0.3 is 10.1 Å². The maximum Gasteiger partial charge on any atom is 0.0729 e. The van der Waals surface area contributed by atoms with E-state index in [2.05, 4.69) is 26.1 Å². The quantitative estimate of drug-likeness (QED) is 0.696. The van der Waals surface area contributed by atoms with Crippen molar-refractivity contribution in [3.8, 4) is 0 Å². The standard InChI is InChI=1S/C12H23NO/c1-4-9-5-6-11-10(7-9)13-12(2,3)8-14-11/h9-11,13H,4-8H2,1-3H3. The van der Waals surface area contributed by atoms with Gasteiger partial charge in [-0.2, -0.15) is 0 Å². The van der Waals surface area contributed by atoms with E-state index < -0.39 is 0 Å². The molecule has 82 valence electrons. The fourth-order valence-electron chi connectivity index (χ4n) is 2.81. The van der Waals surface area contributed by atoms with Crippen molar-refractivity contribution in [2.75, 3.05) is 6.61 Å². The number of fused-ring (bicyclic) bond motifs is 1. The highest BCUT2D eigenvalue weighted by Crippen LogP contribution is 2.32. The first-order chi connectivity index (χ1) is 6.61.